The number of rotatable bonds is 0. The van der Waals surface area contributed by atoms with Crippen LogP contribution in [0, 0.1) is 18.3 Å². The van der Waals surface area contributed by atoms with Gasteiger partial charge < -0.3 is 5.32 Å². The van der Waals surface area contributed by atoms with Gasteiger partial charge >= 0.3 is 0 Å². The van der Waals surface area contributed by atoms with Crippen molar-refractivity contribution in [2.75, 3.05) is 6.54 Å². The number of aryl methyl sites for hydroxylation is 1. The minimum absolute atomic E-state index is 0. The Balaban J connectivity index is 0.000000980. The molecule has 2 heterocycles. The van der Waals surface area contributed by atoms with Gasteiger partial charge in [-0.15, -0.1) is 12.4 Å². The van der Waals surface area contributed by atoms with E-state index in [2.05, 4.69) is 16.4 Å². The highest BCUT2D eigenvalue weighted by atomic mass is 35.5. The molecule has 0 unspecified atom stereocenters. The molecule has 0 spiro atoms. The van der Waals surface area contributed by atoms with Gasteiger partial charge in [0.2, 0.25) is 0 Å². The molecule has 0 saturated heterocycles. The van der Waals surface area contributed by atoms with Crippen molar-refractivity contribution in [1.29, 1.82) is 5.26 Å². The van der Waals surface area contributed by atoms with Crippen LogP contribution in [0.5, 0.6) is 0 Å². The summed E-state index contributed by atoms with van der Waals surface area (Å²) in [4.78, 5) is 4.20. The molecule has 1 aliphatic rings. The van der Waals surface area contributed by atoms with Crippen molar-refractivity contribution in [2.45, 2.75) is 19.9 Å². The topological polar surface area (TPSA) is 48.7 Å². The molecule has 1 aromatic rings. The van der Waals surface area contributed by atoms with Gasteiger partial charge in [0, 0.05) is 12.7 Å². The van der Waals surface area contributed by atoms with Crippen LogP contribution in [0.3, 0.4) is 0 Å². The zero-order valence-electron chi connectivity index (χ0n) is 8.00. The third kappa shape index (κ3) is 1.72. The average molecular weight is 210 g/mol. The smallest absolute Gasteiger partial charge is 0.101 e. The zero-order chi connectivity index (χ0) is 9.26. The number of nitrogens with zero attached hydrogens (tertiary/aromatic N) is 2. The SMILES string of the molecule is Cc1ncc2c(c1C#N)CCNC2.Cl. The first-order valence-corrected chi connectivity index (χ1v) is 4.41. The maximum Gasteiger partial charge on any atom is 0.101 e. The van der Waals surface area contributed by atoms with Gasteiger partial charge in [0.1, 0.15) is 6.07 Å². The molecule has 0 saturated carbocycles. The van der Waals surface area contributed by atoms with Crippen molar-refractivity contribution in [3.05, 3.63) is 28.6 Å². The Labute approximate surface area is 89.6 Å². The zero-order valence-corrected chi connectivity index (χ0v) is 8.82. The van der Waals surface area contributed by atoms with E-state index in [9.17, 15) is 0 Å². The van der Waals surface area contributed by atoms with Crippen molar-refractivity contribution in [3.63, 3.8) is 0 Å². The minimum Gasteiger partial charge on any atom is -0.312 e. The summed E-state index contributed by atoms with van der Waals surface area (Å²) in [6, 6.07) is 2.23. The summed E-state index contributed by atoms with van der Waals surface area (Å²) in [5.41, 5.74) is 3.99. The fraction of sp³-hybridized carbons (Fsp3) is 0.400. The van der Waals surface area contributed by atoms with Gasteiger partial charge in [-0.1, -0.05) is 0 Å². The van der Waals surface area contributed by atoms with Gasteiger partial charge in [0.25, 0.3) is 0 Å². The Morgan fingerprint density at radius 2 is 2.36 bits per heavy atom. The predicted octanol–water partition coefficient (Wildman–Crippen LogP) is 1.33. The van der Waals surface area contributed by atoms with Crippen LogP contribution in [0.15, 0.2) is 6.20 Å². The third-order valence-electron chi connectivity index (χ3n) is 2.44. The van der Waals surface area contributed by atoms with Gasteiger partial charge in [-0.25, -0.2) is 0 Å². The minimum atomic E-state index is 0. The fourth-order valence-corrected chi connectivity index (χ4v) is 1.72. The maximum absolute atomic E-state index is 8.96. The van der Waals surface area contributed by atoms with Crippen molar-refractivity contribution in [3.8, 4) is 6.07 Å². The number of nitriles is 1. The van der Waals surface area contributed by atoms with E-state index in [-0.39, 0.29) is 12.4 Å². The molecule has 0 aromatic carbocycles. The lowest BCUT2D eigenvalue weighted by Gasteiger charge is -2.18. The van der Waals surface area contributed by atoms with Gasteiger partial charge in [-0.05, 0) is 31.0 Å². The largest absolute Gasteiger partial charge is 0.312 e. The Morgan fingerprint density at radius 3 is 3.07 bits per heavy atom. The number of halogens is 1. The van der Waals surface area contributed by atoms with Gasteiger partial charge in [-0.2, -0.15) is 5.26 Å². The van der Waals surface area contributed by atoms with E-state index in [0.29, 0.717) is 0 Å². The number of nitrogens with one attached hydrogen (secondary N) is 1. The molecule has 1 aromatic heterocycles. The quantitative estimate of drug-likeness (QED) is 0.702. The molecular formula is C10H12ClN3. The highest BCUT2D eigenvalue weighted by Crippen LogP contribution is 2.18. The molecule has 74 valence electrons. The maximum atomic E-state index is 8.96. The number of aromatic nitrogens is 1. The first-order chi connectivity index (χ1) is 6.33. The van der Waals surface area contributed by atoms with E-state index in [0.717, 1.165) is 30.8 Å². The molecule has 0 bridgehead atoms. The standard InChI is InChI=1S/C10H11N3.ClH/c1-7-10(4-11)9-2-3-12-5-8(9)6-13-7;/h6,12H,2-3,5H2,1H3;1H. The molecule has 1 aliphatic heterocycles. The van der Waals surface area contributed by atoms with Crippen LogP contribution in [0.4, 0.5) is 0 Å². The second-order valence-corrected chi connectivity index (χ2v) is 3.26. The number of fused-ring (bicyclic) bond motifs is 1. The third-order valence-corrected chi connectivity index (χ3v) is 2.44. The van der Waals surface area contributed by atoms with E-state index >= 15 is 0 Å². The molecule has 4 heteroatoms. The van der Waals surface area contributed by atoms with E-state index < -0.39 is 0 Å². The number of hydrogen-bond donors (Lipinski definition) is 1. The van der Waals surface area contributed by atoms with Crippen LogP contribution in [0.1, 0.15) is 22.4 Å². The summed E-state index contributed by atoms with van der Waals surface area (Å²) >= 11 is 0. The molecule has 14 heavy (non-hydrogen) atoms. The van der Waals surface area contributed by atoms with E-state index in [1.165, 1.54) is 11.1 Å². The molecule has 2 rings (SSSR count). The highest BCUT2D eigenvalue weighted by molar-refractivity contribution is 5.85. The monoisotopic (exact) mass is 209 g/mol. The summed E-state index contributed by atoms with van der Waals surface area (Å²) in [5.74, 6) is 0. The summed E-state index contributed by atoms with van der Waals surface area (Å²) in [6.45, 7) is 3.70. The fourth-order valence-electron chi connectivity index (χ4n) is 1.72. The van der Waals surface area contributed by atoms with Crippen molar-refractivity contribution >= 4 is 12.4 Å². The van der Waals surface area contributed by atoms with Crippen LogP contribution in [-0.2, 0) is 13.0 Å². The van der Waals surface area contributed by atoms with Crippen molar-refractivity contribution in [1.82, 2.24) is 10.3 Å². The summed E-state index contributed by atoms with van der Waals surface area (Å²) in [6.07, 6.45) is 2.82. The first kappa shape index (κ1) is 11.0. The van der Waals surface area contributed by atoms with Crippen molar-refractivity contribution < 1.29 is 0 Å². The second kappa shape index (κ2) is 4.41. The molecule has 1 N–H and O–H groups in total. The lowest BCUT2D eigenvalue weighted by molar-refractivity contribution is 0.638. The Morgan fingerprint density at radius 1 is 1.57 bits per heavy atom. The van der Waals surface area contributed by atoms with Crippen LogP contribution in [0.25, 0.3) is 0 Å². The van der Waals surface area contributed by atoms with Gasteiger partial charge in [0.15, 0.2) is 0 Å². The predicted molar refractivity (Wildman–Crippen MR) is 56.3 cm³/mol. The second-order valence-electron chi connectivity index (χ2n) is 3.26. The molecule has 0 aliphatic carbocycles. The average Bonchev–Trinajstić information content (AvgIpc) is 2.18. The molecule has 0 radical (unpaired) electrons. The Bertz CT molecular complexity index is 382. The number of hydrogen-bond acceptors (Lipinski definition) is 3. The normalized spacial score (nSPS) is 13.7. The van der Waals surface area contributed by atoms with Gasteiger partial charge in [-0.3, -0.25) is 4.98 Å². The van der Waals surface area contributed by atoms with Crippen LogP contribution < -0.4 is 5.32 Å². The van der Waals surface area contributed by atoms with Crippen LogP contribution >= 0.6 is 12.4 Å². The van der Waals surface area contributed by atoms with E-state index in [1.54, 1.807) is 0 Å². The first-order valence-electron chi connectivity index (χ1n) is 4.41. The van der Waals surface area contributed by atoms with Crippen molar-refractivity contribution in [2.24, 2.45) is 0 Å². The summed E-state index contributed by atoms with van der Waals surface area (Å²) < 4.78 is 0. The molecule has 0 amide bonds. The van der Waals surface area contributed by atoms with Crippen LogP contribution in [-0.4, -0.2) is 11.5 Å². The van der Waals surface area contributed by atoms with Gasteiger partial charge in [0.05, 0.1) is 11.3 Å². The molecule has 0 atom stereocenters. The highest BCUT2D eigenvalue weighted by Gasteiger charge is 2.14. The Kier molecular flexibility index (Phi) is 3.45. The summed E-state index contributed by atoms with van der Waals surface area (Å²) in [5, 5.41) is 12.2. The summed E-state index contributed by atoms with van der Waals surface area (Å²) in [7, 11) is 0. The lowest BCUT2D eigenvalue weighted by atomic mass is 9.97. The molecular weight excluding hydrogens is 198 g/mol. The molecule has 0 fully saturated rings. The van der Waals surface area contributed by atoms with E-state index in [4.69, 9.17) is 5.26 Å². The Hall–Kier alpha value is -1.11. The van der Waals surface area contributed by atoms with E-state index in [1.807, 2.05) is 13.1 Å². The van der Waals surface area contributed by atoms with Crippen LogP contribution in [0.2, 0.25) is 0 Å². The lowest BCUT2D eigenvalue weighted by Crippen LogP contribution is -2.25. The molecule has 3 nitrogen and oxygen atoms in total. The number of pyridine rings is 1.